The van der Waals surface area contributed by atoms with E-state index in [9.17, 15) is 19.1 Å². The van der Waals surface area contributed by atoms with Crippen molar-refractivity contribution < 1.29 is 23.8 Å². The molecule has 1 atom stereocenters. The Morgan fingerprint density at radius 3 is 2.67 bits per heavy atom. The number of carbonyl (C=O) groups excluding carboxylic acids is 2. The third-order valence-corrected chi connectivity index (χ3v) is 9.13. The highest BCUT2D eigenvalue weighted by atomic mass is 32.2. The highest BCUT2D eigenvalue weighted by Gasteiger charge is 2.46. The van der Waals surface area contributed by atoms with Crippen molar-refractivity contribution in [1.82, 2.24) is 15.2 Å². The van der Waals surface area contributed by atoms with Gasteiger partial charge in [-0.05, 0) is 50.1 Å². The van der Waals surface area contributed by atoms with Crippen molar-refractivity contribution in [3.63, 3.8) is 0 Å². The molecule has 200 valence electrons. The van der Waals surface area contributed by atoms with Crippen molar-refractivity contribution in [2.24, 2.45) is 0 Å². The minimum absolute atomic E-state index is 0.0591. The van der Waals surface area contributed by atoms with Gasteiger partial charge < -0.3 is 9.84 Å². The Morgan fingerprint density at radius 2 is 1.95 bits per heavy atom. The summed E-state index contributed by atoms with van der Waals surface area (Å²) in [6, 6.07) is 12.5. The minimum Gasteiger partial charge on any atom is -0.503 e. The van der Waals surface area contributed by atoms with E-state index in [0.717, 1.165) is 11.3 Å². The molecule has 0 saturated heterocycles. The van der Waals surface area contributed by atoms with Gasteiger partial charge in [-0.3, -0.25) is 14.5 Å². The molecule has 12 heteroatoms. The smallest absolute Gasteiger partial charge is 0.296 e. The number of carbonyl (C=O) groups is 2. The maximum Gasteiger partial charge on any atom is 0.296 e. The summed E-state index contributed by atoms with van der Waals surface area (Å²) in [6.07, 6.45) is 0. The van der Waals surface area contributed by atoms with Crippen LogP contribution in [0.3, 0.4) is 0 Å². The number of halogens is 1. The highest BCUT2D eigenvalue weighted by molar-refractivity contribution is 8.00. The van der Waals surface area contributed by atoms with Crippen LogP contribution in [0.25, 0.3) is 0 Å². The molecule has 1 amide bonds. The van der Waals surface area contributed by atoms with E-state index in [-0.39, 0.29) is 16.5 Å². The first kappa shape index (κ1) is 27.0. The zero-order valence-corrected chi connectivity index (χ0v) is 23.6. The van der Waals surface area contributed by atoms with Gasteiger partial charge in [0, 0.05) is 5.75 Å². The predicted molar refractivity (Wildman–Crippen MR) is 149 cm³/mol. The molecule has 2 aromatic carbocycles. The van der Waals surface area contributed by atoms with Gasteiger partial charge in [-0.25, -0.2) is 9.37 Å². The van der Waals surface area contributed by atoms with Gasteiger partial charge in [-0.15, -0.1) is 21.5 Å². The SMILES string of the molecule is CCOc1cccc(C2C(C(=O)c3sc(C)nc3C)=C(O)C(=O)N2c2nnc(SCc3ccccc3F)s2)c1. The standard InChI is InChI=1S/C27H23FN4O4S3/c1-4-36-18-10-7-9-16(12-18)21-20(22(33)24-14(2)29-15(3)38-24)23(34)25(35)32(21)26-30-31-27(39-26)37-13-17-8-5-6-11-19(17)28/h5-12,21,34H,4,13H2,1-3H3. The number of hydrogen-bond donors (Lipinski definition) is 1. The van der Waals surface area contributed by atoms with Crippen LogP contribution in [-0.4, -0.2) is 38.6 Å². The molecule has 1 unspecified atom stereocenters. The van der Waals surface area contributed by atoms with Crippen LogP contribution in [0.2, 0.25) is 0 Å². The van der Waals surface area contributed by atoms with Crippen LogP contribution in [0, 0.1) is 19.7 Å². The largest absolute Gasteiger partial charge is 0.503 e. The molecule has 5 rings (SSSR count). The molecule has 8 nitrogen and oxygen atoms in total. The number of nitrogens with zero attached hydrogens (tertiary/aromatic N) is 4. The van der Waals surface area contributed by atoms with E-state index in [4.69, 9.17) is 4.74 Å². The summed E-state index contributed by atoms with van der Waals surface area (Å²) in [5.41, 5.74) is 1.55. The molecule has 2 aromatic heterocycles. The van der Waals surface area contributed by atoms with Crippen molar-refractivity contribution in [2.45, 2.75) is 36.9 Å². The lowest BCUT2D eigenvalue weighted by molar-refractivity contribution is -0.117. The van der Waals surface area contributed by atoms with Gasteiger partial charge in [0.2, 0.25) is 10.9 Å². The molecule has 0 aliphatic carbocycles. The van der Waals surface area contributed by atoms with Crippen LogP contribution in [0.4, 0.5) is 9.52 Å². The van der Waals surface area contributed by atoms with E-state index in [1.165, 1.54) is 34.1 Å². The van der Waals surface area contributed by atoms with Crippen molar-refractivity contribution in [2.75, 3.05) is 11.5 Å². The topological polar surface area (TPSA) is 106 Å². The van der Waals surface area contributed by atoms with Gasteiger partial charge >= 0.3 is 0 Å². The summed E-state index contributed by atoms with van der Waals surface area (Å²) in [6.45, 7) is 5.80. The number of aryl methyl sites for hydroxylation is 2. The zero-order valence-electron chi connectivity index (χ0n) is 21.2. The molecule has 4 aromatic rings. The number of thioether (sulfide) groups is 1. The third kappa shape index (κ3) is 5.32. The second-order valence-corrected chi connectivity index (χ2v) is 11.9. The third-order valence-electron chi connectivity index (χ3n) is 5.96. The number of ketones is 1. The number of rotatable bonds is 9. The summed E-state index contributed by atoms with van der Waals surface area (Å²) in [7, 11) is 0. The van der Waals surface area contributed by atoms with Gasteiger partial charge in [0.15, 0.2) is 10.1 Å². The van der Waals surface area contributed by atoms with Crippen LogP contribution in [-0.2, 0) is 10.5 Å². The number of benzene rings is 2. The second-order valence-electron chi connectivity index (χ2n) is 8.55. The van der Waals surface area contributed by atoms with Gasteiger partial charge in [0.25, 0.3) is 5.91 Å². The van der Waals surface area contributed by atoms with Crippen LogP contribution in [0.1, 0.15) is 44.5 Å². The minimum atomic E-state index is -0.968. The molecular weight excluding hydrogens is 560 g/mol. The first-order chi connectivity index (χ1) is 18.8. The molecular formula is C27H23FN4O4S3. The number of aliphatic hydroxyl groups excluding tert-OH is 1. The van der Waals surface area contributed by atoms with Crippen LogP contribution >= 0.6 is 34.4 Å². The van der Waals surface area contributed by atoms with Crippen LogP contribution in [0.5, 0.6) is 5.75 Å². The monoisotopic (exact) mass is 582 g/mol. The average Bonchev–Trinajstić information content (AvgIpc) is 3.59. The van der Waals surface area contributed by atoms with Crippen molar-refractivity contribution in [1.29, 1.82) is 0 Å². The lowest BCUT2D eigenvalue weighted by Crippen LogP contribution is -2.31. The molecule has 0 spiro atoms. The summed E-state index contributed by atoms with van der Waals surface area (Å²) in [5.74, 6) is -1.31. The zero-order chi connectivity index (χ0) is 27.7. The number of aliphatic hydroxyl groups is 1. The average molecular weight is 583 g/mol. The van der Waals surface area contributed by atoms with Gasteiger partial charge in [0.05, 0.1) is 33.8 Å². The molecule has 1 aliphatic heterocycles. The first-order valence-corrected chi connectivity index (χ1v) is 14.6. The predicted octanol–water partition coefficient (Wildman–Crippen LogP) is 6.22. The van der Waals surface area contributed by atoms with Crippen LogP contribution < -0.4 is 9.64 Å². The number of Topliss-reactive ketones (excluding diaryl/α,β-unsaturated/α-hetero) is 1. The van der Waals surface area contributed by atoms with E-state index in [0.29, 0.717) is 49.2 Å². The van der Waals surface area contributed by atoms with Crippen molar-refractivity contribution in [3.05, 3.63) is 92.4 Å². The van der Waals surface area contributed by atoms with Crippen LogP contribution in [0.15, 0.2) is 64.2 Å². The van der Waals surface area contributed by atoms with E-state index >= 15 is 0 Å². The fourth-order valence-electron chi connectivity index (χ4n) is 4.27. The van der Waals surface area contributed by atoms with Gasteiger partial charge in [-0.1, -0.05) is 53.4 Å². The second kappa shape index (κ2) is 11.2. The van der Waals surface area contributed by atoms with E-state index in [1.54, 1.807) is 56.3 Å². The summed E-state index contributed by atoms with van der Waals surface area (Å²) in [5, 5.41) is 20.3. The fourth-order valence-corrected chi connectivity index (χ4v) is 7.00. The Balaban J connectivity index is 1.53. The number of thiazole rings is 1. The Morgan fingerprint density at radius 1 is 1.15 bits per heavy atom. The van der Waals surface area contributed by atoms with Crippen molar-refractivity contribution in [3.8, 4) is 5.75 Å². The summed E-state index contributed by atoms with van der Waals surface area (Å²) >= 11 is 3.61. The molecule has 3 heterocycles. The number of aromatic nitrogens is 3. The first-order valence-electron chi connectivity index (χ1n) is 12.0. The summed E-state index contributed by atoms with van der Waals surface area (Å²) < 4.78 is 20.2. The number of amides is 1. The quantitative estimate of drug-likeness (QED) is 0.141. The molecule has 0 fully saturated rings. The van der Waals surface area contributed by atoms with E-state index < -0.39 is 23.5 Å². The lowest BCUT2D eigenvalue weighted by Gasteiger charge is -2.24. The molecule has 0 bridgehead atoms. The molecule has 0 saturated carbocycles. The normalized spacial score (nSPS) is 15.3. The number of ether oxygens (including phenoxy) is 1. The molecule has 1 N–H and O–H groups in total. The Hall–Kier alpha value is -3.61. The van der Waals surface area contributed by atoms with Crippen molar-refractivity contribution >= 4 is 51.3 Å². The highest BCUT2D eigenvalue weighted by Crippen LogP contribution is 2.45. The fraction of sp³-hybridized carbons (Fsp3) is 0.222. The maximum atomic E-state index is 14.1. The Kier molecular flexibility index (Phi) is 7.78. The molecule has 1 aliphatic rings. The summed E-state index contributed by atoms with van der Waals surface area (Å²) in [4.78, 5) is 33.2. The van der Waals surface area contributed by atoms with E-state index in [1.807, 2.05) is 6.92 Å². The number of anilines is 1. The maximum absolute atomic E-state index is 14.1. The Bertz CT molecular complexity index is 1600. The molecule has 0 radical (unpaired) electrons. The van der Waals surface area contributed by atoms with Gasteiger partial charge in [0.1, 0.15) is 11.6 Å². The Labute approximate surface area is 236 Å². The van der Waals surface area contributed by atoms with Gasteiger partial charge in [-0.2, -0.15) is 0 Å². The number of hydrogen-bond acceptors (Lipinski definition) is 10. The van der Waals surface area contributed by atoms with E-state index in [2.05, 4.69) is 15.2 Å². The molecule has 39 heavy (non-hydrogen) atoms. The lowest BCUT2D eigenvalue weighted by atomic mass is 9.95.